The van der Waals surface area contributed by atoms with Crippen LogP contribution < -0.4 is 5.32 Å². The summed E-state index contributed by atoms with van der Waals surface area (Å²) in [6.45, 7) is 3.15. The van der Waals surface area contributed by atoms with Crippen molar-refractivity contribution in [2.24, 2.45) is 0 Å². The zero-order chi connectivity index (χ0) is 15.5. The molecule has 1 atom stereocenters. The van der Waals surface area contributed by atoms with Gasteiger partial charge in [0.15, 0.2) is 0 Å². The van der Waals surface area contributed by atoms with E-state index in [4.69, 9.17) is 0 Å². The molecule has 1 aromatic heterocycles. The van der Waals surface area contributed by atoms with E-state index >= 15 is 0 Å². The van der Waals surface area contributed by atoms with Crippen LogP contribution in [0.15, 0.2) is 30.5 Å². The number of carbonyl (C=O) groups is 2. The van der Waals surface area contributed by atoms with Gasteiger partial charge < -0.3 is 15.2 Å². The fourth-order valence-corrected chi connectivity index (χ4v) is 3.02. The highest BCUT2D eigenvalue weighted by molar-refractivity contribution is 5.91. The van der Waals surface area contributed by atoms with Crippen molar-refractivity contribution in [2.75, 3.05) is 6.54 Å². The molecule has 116 valence electrons. The molecule has 1 fully saturated rings. The van der Waals surface area contributed by atoms with Crippen molar-refractivity contribution in [3.05, 3.63) is 36.0 Å². The maximum Gasteiger partial charge on any atom is 0.242 e. The summed E-state index contributed by atoms with van der Waals surface area (Å²) in [6.07, 6.45) is 3.88. The minimum absolute atomic E-state index is 0.0347. The van der Waals surface area contributed by atoms with Gasteiger partial charge in [0.05, 0.1) is 0 Å². The molecular formula is C17H21N3O2. The van der Waals surface area contributed by atoms with Gasteiger partial charge >= 0.3 is 0 Å². The number of H-pyrrole nitrogens is 1. The van der Waals surface area contributed by atoms with Crippen molar-refractivity contribution in [1.82, 2.24) is 15.2 Å². The number of carbonyl (C=O) groups excluding carboxylic acids is 2. The average Bonchev–Trinajstić information content (AvgIpc) is 3.10. The molecule has 0 aliphatic carbocycles. The maximum absolute atomic E-state index is 12.2. The lowest BCUT2D eigenvalue weighted by molar-refractivity contribution is -0.135. The van der Waals surface area contributed by atoms with E-state index in [0.29, 0.717) is 25.9 Å². The number of rotatable bonds is 5. The number of amides is 2. The molecule has 22 heavy (non-hydrogen) atoms. The van der Waals surface area contributed by atoms with E-state index in [9.17, 15) is 9.59 Å². The van der Waals surface area contributed by atoms with Crippen LogP contribution in [-0.4, -0.2) is 34.3 Å². The van der Waals surface area contributed by atoms with Crippen LogP contribution in [0, 0.1) is 0 Å². The predicted octanol–water partition coefficient (Wildman–Crippen LogP) is 2.19. The highest BCUT2D eigenvalue weighted by atomic mass is 16.2. The zero-order valence-electron chi connectivity index (χ0n) is 12.8. The van der Waals surface area contributed by atoms with Crippen molar-refractivity contribution >= 4 is 22.7 Å². The molecule has 5 nitrogen and oxygen atoms in total. The summed E-state index contributed by atoms with van der Waals surface area (Å²) in [4.78, 5) is 29.3. The summed E-state index contributed by atoms with van der Waals surface area (Å²) >= 11 is 0. The Morgan fingerprint density at radius 3 is 3.05 bits per heavy atom. The van der Waals surface area contributed by atoms with Gasteiger partial charge in [-0.1, -0.05) is 25.1 Å². The first-order valence-electron chi connectivity index (χ1n) is 7.83. The summed E-state index contributed by atoms with van der Waals surface area (Å²) in [5.74, 6) is 0.0227. The quantitative estimate of drug-likeness (QED) is 0.889. The van der Waals surface area contributed by atoms with Crippen LogP contribution in [0.2, 0.25) is 0 Å². The van der Waals surface area contributed by atoms with Crippen molar-refractivity contribution in [2.45, 2.75) is 38.8 Å². The lowest BCUT2D eigenvalue weighted by atomic mass is 10.1. The number of hydrogen-bond acceptors (Lipinski definition) is 2. The number of benzene rings is 1. The van der Waals surface area contributed by atoms with E-state index in [1.165, 1.54) is 0 Å². The van der Waals surface area contributed by atoms with Crippen LogP contribution in [0.25, 0.3) is 10.9 Å². The van der Waals surface area contributed by atoms with Crippen molar-refractivity contribution < 1.29 is 9.59 Å². The second-order valence-electron chi connectivity index (χ2n) is 5.73. The molecule has 1 aliphatic heterocycles. The van der Waals surface area contributed by atoms with Crippen LogP contribution in [-0.2, 0) is 16.1 Å². The lowest BCUT2D eigenvalue weighted by Gasteiger charge is -2.23. The fraction of sp³-hybridized carbons (Fsp3) is 0.412. The number of aromatic amines is 1. The largest absolute Gasteiger partial charge is 0.361 e. The lowest BCUT2D eigenvalue weighted by Crippen LogP contribution is -2.44. The Morgan fingerprint density at radius 1 is 1.41 bits per heavy atom. The van der Waals surface area contributed by atoms with E-state index < -0.39 is 0 Å². The highest BCUT2D eigenvalue weighted by Gasteiger charge is 2.35. The first-order valence-corrected chi connectivity index (χ1v) is 7.83. The standard InChI is InChI=1S/C17H21N3O2/c1-2-9-18-17(22)15-7-8-16(21)20(15)11-12-10-19-14-6-4-3-5-13(12)14/h3-6,10,15,19H,2,7-9,11H2,1H3,(H,18,22). The molecule has 1 aromatic carbocycles. The highest BCUT2D eigenvalue weighted by Crippen LogP contribution is 2.25. The Balaban J connectivity index is 1.79. The minimum Gasteiger partial charge on any atom is -0.361 e. The van der Waals surface area contributed by atoms with Crippen LogP contribution >= 0.6 is 0 Å². The van der Waals surface area contributed by atoms with E-state index in [1.54, 1.807) is 4.90 Å². The smallest absolute Gasteiger partial charge is 0.242 e. The summed E-state index contributed by atoms with van der Waals surface area (Å²) in [5.41, 5.74) is 2.11. The Hall–Kier alpha value is -2.30. The molecule has 5 heteroatoms. The first-order chi connectivity index (χ1) is 10.7. The summed E-state index contributed by atoms with van der Waals surface area (Å²) in [7, 11) is 0. The number of likely N-dealkylation sites (tertiary alicyclic amines) is 1. The molecule has 1 aliphatic rings. The van der Waals surface area contributed by atoms with E-state index in [2.05, 4.69) is 10.3 Å². The molecule has 2 N–H and O–H groups in total. The molecule has 0 bridgehead atoms. The Bertz CT molecular complexity index is 692. The Kier molecular flexibility index (Phi) is 4.13. The van der Waals surface area contributed by atoms with Gasteiger partial charge in [0, 0.05) is 36.6 Å². The average molecular weight is 299 g/mol. The molecule has 0 saturated carbocycles. The van der Waals surface area contributed by atoms with E-state index in [1.807, 2.05) is 37.4 Å². The van der Waals surface area contributed by atoms with Crippen LogP contribution in [0.1, 0.15) is 31.7 Å². The second-order valence-corrected chi connectivity index (χ2v) is 5.73. The summed E-state index contributed by atoms with van der Waals surface area (Å²) < 4.78 is 0. The van der Waals surface area contributed by atoms with Crippen LogP contribution in [0.5, 0.6) is 0 Å². The second kappa shape index (κ2) is 6.22. The van der Waals surface area contributed by atoms with Crippen LogP contribution in [0.4, 0.5) is 0 Å². The first kappa shape index (κ1) is 14.6. The number of nitrogens with one attached hydrogen (secondary N) is 2. The van der Waals surface area contributed by atoms with E-state index in [-0.39, 0.29) is 17.9 Å². The summed E-state index contributed by atoms with van der Waals surface area (Å²) in [5, 5.41) is 4.01. The third-order valence-corrected chi connectivity index (χ3v) is 4.20. The monoisotopic (exact) mass is 299 g/mol. The third kappa shape index (κ3) is 2.71. The number of aromatic nitrogens is 1. The Morgan fingerprint density at radius 2 is 2.23 bits per heavy atom. The molecule has 2 heterocycles. The van der Waals surface area contributed by atoms with Gasteiger partial charge in [-0.2, -0.15) is 0 Å². The number of hydrogen-bond donors (Lipinski definition) is 2. The molecule has 2 aromatic rings. The summed E-state index contributed by atoms with van der Waals surface area (Å²) in [6, 6.07) is 7.67. The Labute approximate surface area is 129 Å². The van der Waals surface area contributed by atoms with Crippen LogP contribution in [0.3, 0.4) is 0 Å². The van der Waals surface area contributed by atoms with Gasteiger partial charge in [-0.15, -0.1) is 0 Å². The van der Waals surface area contributed by atoms with Gasteiger partial charge in [-0.05, 0) is 24.5 Å². The maximum atomic E-state index is 12.2. The SMILES string of the molecule is CCCNC(=O)C1CCC(=O)N1Cc1c[nH]c2ccccc12. The van der Waals surface area contributed by atoms with Crippen molar-refractivity contribution in [3.8, 4) is 0 Å². The molecule has 0 spiro atoms. The van der Waals surface area contributed by atoms with Gasteiger partial charge in [-0.3, -0.25) is 9.59 Å². The van der Waals surface area contributed by atoms with Gasteiger partial charge in [0.25, 0.3) is 0 Å². The van der Waals surface area contributed by atoms with Gasteiger partial charge in [0.2, 0.25) is 11.8 Å². The fourth-order valence-electron chi connectivity index (χ4n) is 3.02. The zero-order valence-corrected chi connectivity index (χ0v) is 12.8. The van der Waals surface area contributed by atoms with Gasteiger partial charge in [0.1, 0.15) is 6.04 Å². The minimum atomic E-state index is -0.340. The molecule has 3 rings (SSSR count). The topological polar surface area (TPSA) is 65.2 Å². The van der Waals surface area contributed by atoms with Crippen molar-refractivity contribution in [3.63, 3.8) is 0 Å². The molecule has 0 radical (unpaired) electrons. The molecule has 1 unspecified atom stereocenters. The molecule has 1 saturated heterocycles. The normalized spacial score (nSPS) is 18.1. The van der Waals surface area contributed by atoms with Crippen molar-refractivity contribution in [1.29, 1.82) is 0 Å². The molecule has 2 amide bonds. The predicted molar refractivity (Wildman–Crippen MR) is 85.2 cm³/mol. The van der Waals surface area contributed by atoms with E-state index in [0.717, 1.165) is 22.9 Å². The van der Waals surface area contributed by atoms with Gasteiger partial charge in [-0.25, -0.2) is 0 Å². The number of para-hydroxylation sites is 1. The molecular weight excluding hydrogens is 278 g/mol. The number of nitrogens with zero attached hydrogens (tertiary/aromatic N) is 1. The number of fused-ring (bicyclic) bond motifs is 1. The third-order valence-electron chi connectivity index (χ3n) is 4.20.